The summed E-state index contributed by atoms with van der Waals surface area (Å²) in [7, 11) is 0. The van der Waals surface area contributed by atoms with Crippen LogP contribution in [0.25, 0.3) is 11.3 Å². The van der Waals surface area contributed by atoms with E-state index in [9.17, 15) is 0 Å². The van der Waals surface area contributed by atoms with Crippen LogP contribution in [0.4, 0.5) is 5.69 Å². The summed E-state index contributed by atoms with van der Waals surface area (Å²) in [6.07, 6.45) is 2.89. The van der Waals surface area contributed by atoms with Crippen LogP contribution in [0.15, 0.2) is 35.2 Å². The number of nitriles is 1. The van der Waals surface area contributed by atoms with Crippen molar-refractivity contribution < 1.29 is 4.42 Å². The van der Waals surface area contributed by atoms with Crippen LogP contribution in [-0.4, -0.2) is 4.98 Å². The fraction of sp³-hybridized carbons (Fsp3) is 0. The maximum absolute atomic E-state index is 8.87. The summed E-state index contributed by atoms with van der Waals surface area (Å²) in [6.45, 7) is 0. The third-order valence-electron chi connectivity index (χ3n) is 1.86. The van der Waals surface area contributed by atoms with E-state index in [4.69, 9.17) is 15.4 Å². The largest absolute Gasteiger partial charge is 0.443 e. The molecule has 14 heavy (non-hydrogen) atoms. The first-order valence-corrected chi connectivity index (χ1v) is 4.00. The van der Waals surface area contributed by atoms with Crippen LogP contribution in [0.3, 0.4) is 0 Å². The van der Waals surface area contributed by atoms with Crippen molar-refractivity contribution >= 4 is 5.69 Å². The Kier molecular flexibility index (Phi) is 1.92. The Labute approximate surface area is 80.6 Å². The fourth-order valence-electron chi connectivity index (χ4n) is 1.22. The lowest BCUT2D eigenvalue weighted by molar-refractivity contribution is 0.572. The molecule has 0 saturated heterocycles. The number of nitrogens with zero attached hydrogens (tertiary/aromatic N) is 2. The molecule has 0 aliphatic heterocycles. The van der Waals surface area contributed by atoms with Gasteiger partial charge >= 0.3 is 0 Å². The third-order valence-corrected chi connectivity index (χ3v) is 1.86. The summed E-state index contributed by atoms with van der Waals surface area (Å²) in [4.78, 5) is 3.79. The molecular weight excluding hydrogens is 178 g/mol. The minimum Gasteiger partial charge on any atom is -0.443 e. The van der Waals surface area contributed by atoms with E-state index in [2.05, 4.69) is 11.1 Å². The molecule has 4 heteroatoms. The number of aromatic nitrogens is 1. The van der Waals surface area contributed by atoms with Crippen LogP contribution in [-0.2, 0) is 0 Å². The minimum absolute atomic E-state index is 0.488. The number of nitrogen functional groups attached to an aromatic ring is 1. The molecule has 0 atom stereocenters. The number of rotatable bonds is 1. The zero-order chi connectivity index (χ0) is 9.97. The van der Waals surface area contributed by atoms with E-state index in [0.29, 0.717) is 22.6 Å². The molecule has 1 aromatic heterocycles. The number of hydrogen-bond donors (Lipinski definition) is 1. The number of benzene rings is 1. The Bertz CT molecular complexity index is 483. The number of nitrogens with two attached hydrogens (primary N) is 1. The molecule has 2 N–H and O–H groups in total. The quantitative estimate of drug-likeness (QED) is 0.687. The number of anilines is 1. The standard InChI is InChI=1S/C10H7N3O/c11-4-7-3-8(12)1-2-9(7)10-5-13-6-14-10/h1-3,5-6H,12H2. The summed E-state index contributed by atoms with van der Waals surface area (Å²) in [5.74, 6) is 0.571. The highest BCUT2D eigenvalue weighted by atomic mass is 16.3. The zero-order valence-electron chi connectivity index (χ0n) is 7.27. The second-order valence-corrected chi connectivity index (χ2v) is 2.78. The van der Waals surface area contributed by atoms with Crippen LogP contribution in [0, 0.1) is 11.3 Å². The average Bonchev–Trinajstić information content (AvgIpc) is 2.70. The van der Waals surface area contributed by atoms with Crippen LogP contribution in [0.1, 0.15) is 5.56 Å². The molecule has 0 amide bonds. The van der Waals surface area contributed by atoms with Gasteiger partial charge in [-0.3, -0.25) is 0 Å². The molecule has 4 nitrogen and oxygen atoms in total. The van der Waals surface area contributed by atoms with E-state index in [1.54, 1.807) is 24.4 Å². The highest BCUT2D eigenvalue weighted by Gasteiger charge is 2.07. The second-order valence-electron chi connectivity index (χ2n) is 2.78. The van der Waals surface area contributed by atoms with Crippen molar-refractivity contribution in [3.63, 3.8) is 0 Å². The molecule has 2 rings (SSSR count). The van der Waals surface area contributed by atoms with E-state index in [0.717, 1.165) is 0 Å². The van der Waals surface area contributed by atoms with Gasteiger partial charge in [-0.2, -0.15) is 5.26 Å². The summed E-state index contributed by atoms with van der Waals surface area (Å²) in [6, 6.07) is 7.13. The average molecular weight is 185 g/mol. The monoisotopic (exact) mass is 185 g/mol. The molecule has 2 aromatic rings. The van der Waals surface area contributed by atoms with Gasteiger partial charge in [-0.15, -0.1) is 0 Å². The smallest absolute Gasteiger partial charge is 0.181 e. The topological polar surface area (TPSA) is 75.8 Å². The van der Waals surface area contributed by atoms with Crippen molar-refractivity contribution in [2.24, 2.45) is 0 Å². The lowest BCUT2D eigenvalue weighted by Gasteiger charge is -2.00. The van der Waals surface area contributed by atoms with E-state index in [1.807, 2.05) is 0 Å². The van der Waals surface area contributed by atoms with E-state index in [-0.39, 0.29) is 0 Å². The lowest BCUT2D eigenvalue weighted by Crippen LogP contribution is -1.88. The SMILES string of the molecule is N#Cc1cc(N)ccc1-c1cnco1. The fourth-order valence-corrected chi connectivity index (χ4v) is 1.22. The highest BCUT2D eigenvalue weighted by molar-refractivity contribution is 5.68. The molecule has 0 radical (unpaired) electrons. The molecule has 0 fully saturated rings. The van der Waals surface area contributed by atoms with Gasteiger partial charge in [0, 0.05) is 11.3 Å². The Morgan fingerprint density at radius 3 is 2.93 bits per heavy atom. The Morgan fingerprint density at radius 2 is 2.29 bits per heavy atom. The maximum atomic E-state index is 8.87. The molecule has 1 heterocycles. The summed E-state index contributed by atoms with van der Waals surface area (Å²) >= 11 is 0. The predicted molar refractivity (Wildman–Crippen MR) is 51.1 cm³/mol. The summed E-state index contributed by atoms with van der Waals surface area (Å²) < 4.78 is 5.10. The molecule has 1 aromatic carbocycles. The molecule has 0 bridgehead atoms. The number of oxazole rings is 1. The number of hydrogen-bond acceptors (Lipinski definition) is 4. The van der Waals surface area contributed by atoms with Crippen LogP contribution < -0.4 is 5.73 Å². The molecule has 0 aliphatic rings. The van der Waals surface area contributed by atoms with Gasteiger partial charge in [-0.25, -0.2) is 4.98 Å². The Balaban J connectivity index is 2.60. The van der Waals surface area contributed by atoms with Crippen molar-refractivity contribution in [3.8, 4) is 17.4 Å². The van der Waals surface area contributed by atoms with E-state index < -0.39 is 0 Å². The van der Waals surface area contributed by atoms with Crippen molar-refractivity contribution in [2.45, 2.75) is 0 Å². The van der Waals surface area contributed by atoms with Crippen molar-refractivity contribution in [1.29, 1.82) is 5.26 Å². The molecule has 0 spiro atoms. The van der Waals surface area contributed by atoms with Gasteiger partial charge in [0.05, 0.1) is 17.8 Å². The van der Waals surface area contributed by atoms with Gasteiger partial charge in [0.15, 0.2) is 12.2 Å². The van der Waals surface area contributed by atoms with Crippen LogP contribution in [0.5, 0.6) is 0 Å². The Morgan fingerprint density at radius 1 is 1.43 bits per heavy atom. The summed E-state index contributed by atoms with van der Waals surface area (Å²) in [5, 5.41) is 8.87. The predicted octanol–water partition coefficient (Wildman–Crippen LogP) is 1.80. The van der Waals surface area contributed by atoms with Crippen molar-refractivity contribution in [3.05, 3.63) is 36.4 Å². The third kappa shape index (κ3) is 1.31. The van der Waals surface area contributed by atoms with Gasteiger partial charge in [-0.05, 0) is 18.2 Å². The first kappa shape index (κ1) is 8.32. The van der Waals surface area contributed by atoms with Crippen molar-refractivity contribution in [2.75, 3.05) is 5.73 Å². The van der Waals surface area contributed by atoms with E-state index in [1.165, 1.54) is 6.39 Å². The zero-order valence-corrected chi connectivity index (χ0v) is 7.27. The highest BCUT2D eigenvalue weighted by Crippen LogP contribution is 2.24. The maximum Gasteiger partial charge on any atom is 0.181 e. The molecule has 0 saturated carbocycles. The molecule has 0 unspecified atom stereocenters. The second kappa shape index (κ2) is 3.23. The molecular formula is C10H7N3O. The minimum atomic E-state index is 0.488. The molecule has 68 valence electrons. The molecule has 0 aliphatic carbocycles. The normalized spacial score (nSPS) is 9.64. The van der Waals surface area contributed by atoms with Gasteiger partial charge < -0.3 is 10.2 Å². The first-order chi connectivity index (χ1) is 6.81. The van der Waals surface area contributed by atoms with Gasteiger partial charge in [0.1, 0.15) is 0 Å². The van der Waals surface area contributed by atoms with E-state index >= 15 is 0 Å². The van der Waals surface area contributed by atoms with Gasteiger partial charge in [0.25, 0.3) is 0 Å². The van der Waals surface area contributed by atoms with Crippen molar-refractivity contribution in [1.82, 2.24) is 4.98 Å². The van der Waals surface area contributed by atoms with Gasteiger partial charge in [-0.1, -0.05) is 0 Å². The van der Waals surface area contributed by atoms with Crippen LogP contribution >= 0.6 is 0 Å². The lowest BCUT2D eigenvalue weighted by atomic mass is 10.1. The summed E-state index contributed by atoms with van der Waals surface area (Å²) in [5.41, 5.74) is 7.31. The van der Waals surface area contributed by atoms with Crippen LogP contribution in [0.2, 0.25) is 0 Å². The van der Waals surface area contributed by atoms with Gasteiger partial charge in [0.2, 0.25) is 0 Å². The Hall–Kier alpha value is -2.28. The first-order valence-electron chi connectivity index (χ1n) is 4.00.